The molecule has 1 aromatic heterocycles. The van der Waals surface area contributed by atoms with E-state index in [2.05, 4.69) is 52.1 Å². The summed E-state index contributed by atoms with van der Waals surface area (Å²) in [6.07, 6.45) is 1.29. The molecule has 4 aliphatic rings. The van der Waals surface area contributed by atoms with Crippen LogP contribution >= 0.6 is 11.6 Å². The summed E-state index contributed by atoms with van der Waals surface area (Å²) in [6, 6.07) is 14.7. The standard InChI is InChI=1S/C34H38ClN7O5/c1-39-14-5-8-23(39)20-46-34-37-26-19-40(27-10-4-7-21-6-3-9-25(35)28(21)27)15-12-24(26)31(38-34)41-16-17-42(22(18-41)11-13-36)32(43)29-30(47-29)33(44)45-2/h3-4,6-7,9-10,22-23,29-30H,5,8,11-12,14-20H2,1-2H3/t22-,23-,29-,30+/m0/s1. The Morgan fingerprint density at radius 3 is 2.66 bits per heavy atom. The number of rotatable bonds is 8. The number of likely N-dealkylation sites (tertiary alicyclic amines) is 1. The topological polar surface area (TPSA) is 128 Å². The van der Waals surface area contributed by atoms with E-state index < -0.39 is 24.2 Å². The molecule has 47 heavy (non-hydrogen) atoms. The SMILES string of the molecule is COC(=O)[C@@H]1O[C@@H]1C(=O)N1CCN(c2nc(OC[C@@H]3CCCN3C)nc3c2CCN(c2cccc4cccc(Cl)c24)C3)C[C@@H]1CC#N. The summed E-state index contributed by atoms with van der Waals surface area (Å²) >= 11 is 6.71. The zero-order valence-electron chi connectivity index (χ0n) is 26.6. The molecule has 0 radical (unpaired) electrons. The van der Waals surface area contributed by atoms with E-state index in [4.69, 9.17) is 35.8 Å². The third kappa shape index (κ3) is 6.15. The molecule has 0 N–H and O–H groups in total. The molecule has 13 heteroatoms. The van der Waals surface area contributed by atoms with Gasteiger partial charge in [0, 0.05) is 48.9 Å². The highest BCUT2D eigenvalue weighted by molar-refractivity contribution is 6.36. The first-order valence-corrected chi connectivity index (χ1v) is 16.5. The normalized spacial score (nSPS) is 24.2. The summed E-state index contributed by atoms with van der Waals surface area (Å²) in [4.78, 5) is 43.6. The van der Waals surface area contributed by atoms with E-state index >= 15 is 0 Å². The highest BCUT2D eigenvalue weighted by atomic mass is 35.5. The molecule has 7 rings (SSSR count). The smallest absolute Gasteiger partial charge is 0.338 e. The maximum atomic E-state index is 13.3. The second-order valence-corrected chi connectivity index (χ2v) is 13.0. The van der Waals surface area contributed by atoms with Crippen LogP contribution in [-0.2, 0) is 32.0 Å². The molecule has 1 amide bonds. The first-order valence-electron chi connectivity index (χ1n) is 16.2. The zero-order chi connectivity index (χ0) is 32.7. The number of nitrogens with zero attached hydrogens (tertiary/aromatic N) is 7. The maximum absolute atomic E-state index is 13.3. The lowest BCUT2D eigenvalue weighted by molar-refractivity contribution is -0.142. The number of ether oxygens (including phenoxy) is 3. The number of aromatic nitrogens is 2. The van der Waals surface area contributed by atoms with Crippen molar-refractivity contribution >= 4 is 45.8 Å². The van der Waals surface area contributed by atoms with E-state index in [0.29, 0.717) is 56.3 Å². The van der Waals surface area contributed by atoms with E-state index in [1.54, 1.807) is 4.90 Å². The van der Waals surface area contributed by atoms with Crippen molar-refractivity contribution in [3.8, 4) is 12.1 Å². The lowest BCUT2D eigenvalue weighted by Gasteiger charge is -2.42. The number of fused-ring (bicyclic) bond motifs is 2. The lowest BCUT2D eigenvalue weighted by atomic mass is 10.0. The van der Waals surface area contributed by atoms with Crippen LogP contribution in [0.4, 0.5) is 11.5 Å². The number of esters is 1. The van der Waals surface area contributed by atoms with Crippen LogP contribution < -0.4 is 14.5 Å². The van der Waals surface area contributed by atoms with E-state index in [1.165, 1.54) is 7.11 Å². The number of likely N-dealkylation sites (N-methyl/N-ethyl adjacent to an activating group) is 1. The molecule has 0 spiro atoms. The van der Waals surface area contributed by atoms with Gasteiger partial charge in [-0.1, -0.05) is 35.9 Å². The van der Waals surface area contributed by atoms with Gasteiger partial charge in [-0.15, -0.1) is 0 Å². The highest BCUT2D eigenvalue weighted by Crippen LogP contribution is 2.38. The number of epoxide rings is 1. The molecule has 3 aromatic rings. The molecular formula is C34H38ClN7O5. The van der Waals surface area contributed by atoms with Crippen LogP contribution in [-0.4, -0.2) is 109 Å². The van der Waals surface area contributed by atoms with Crippen molar-refractivity contribution in [3.63, 3.8) is 0 Å². The Balaban J connectivity index is 1.18. The second kappa shape index (κ2) is 13.1. The monoisotopic (exact) mass is 659 g/mol. The van der Waals surface area contributed by atoms with Gasteiger partial charge in [-0.3, -0.25) is 4.79 Å². The van der Waals surface area contributed by atoms with Gasteiger partial charge in [-0.2, -0.15) is 15.2 Å². The van der Waals surface area contributed by atoms with Gasteiger partial charge in [-0.05, 0) is 50.4 Å². The van der Waals surface area contributed by atoms with Gasteiger partial charge in [-0.25, -0.2) is 4.79 Å². The van der Waals surface area contributed by atoms with Gasteiger partial charge >= 0.3 is 12.0 Å². The fraction of sp³-hybridized carbons (Fsp3) is 0.500. The Hall–Kier alpha value is -4.18. The zero-order valence-corrected chi connectivity index (χ0v) is 27.4. The minimum Gasteiger partial charge on any atom is -0.467 e. The Bertz CT molecular complexity index is 1730. The number of carbonyl (C=O) groups excluding carboxylic acids is 2. The molecule has 4 atom stereocenters. The first kappa shape index (κ1) is 31.4. The summed E-state index contributed by atoms with van der Waals surface area (Å²) in [5.74, 6) is -0.0767. The molecule has 3 saturated heterocycles. The van der Waals surface area contributed by atoms with Crippen molar-refractivity contribution in [1.29, 1.82) is 5.26 Å². The number of halogens is 1. The van der Waals surface area contributed by atoms with Crippen LogP contribution in [0.15, 0.2) is 36.4 Å². The van der Waals surface area contributed by atoms with Crippen LogP contribution in [0.2, 0.25) is 5.02 Å². The summed E-state index contributed by atoms with van der Waals surface area (Å²) in [5, 5.41) is 12.5. The summed E-state index contributed by atoms with van der Waals surface area (Å²) in [6.45, 7) is 4.12. The van der Waals surface area contributed by atoms with E-state index in [9.17, 15) is 14.9 Å². The Labute approximate surface area is 278 Å². The predicted octanol–water partition coefficient (Wildman–Crippen LogP) is 3.19. The number of hydrogen-bond acceptors (Lipinski definition) is 11. The number of piperazine rings is 1. The molecule has 2 aromatic carbocycles. The summed E-state index contributed by atoms with van der Waals surface area (Å²) in [5.41, 5.74) is 3.00. The largest absolute Gasteiger partial charge is 0.467 e. The third-order valence-corrected chi connectivity index (χ3v) is 10.1. The van der Waals surface area contributed by atoms with E-state index in [1.807, 2.05) is 12.1 Å². The van der Waals surface area contributed by atoms with Crippen molar-refractivity contribution in [2.24, 2.45) is 0 Å². The van der Waals surface area contributed by atoms with Crippen LogP contribution in [0.5, 0.6) is 6.01 Å². The Kier molecular flexibility index (Phi) is 8.79. The van der Waals surface area contributed by atoms with Crippen molar-refractivity contribution < 1.29 is 23.8 Å². The van der Waals surface area contributed by atoms with Gasteiger partial charge in [0.15, 0.2) is 12.2 Å². The number of carbonyl (C=O) groups is 2. The van der Waals surface area contributed by atoms with Crippen LogP contribution in [0.25, 0.3) is 10.8 Å². The quantitative estimate of drug-likeness (QED) is 0.261. The van der Waals surface area contributed by atoms with Crippen LogP contribution in [0, 0.1) is 11.3 Å². The average molecular weight is 660 g/mol. The van der Waals surface area contributed by atoms with Crippen molar-refractivity contribution in [2.45, 2.75) is 56.5 Å². The minimum absolute atomic E-state index is 0.137. The first-order chi connectivity index (χ1) is 22.9. The molecule has 0 aliphatic carbocycles. The fourth-order valence-electron chi connectivity index (χ4n) is 7.20. The van der Waals surface area contributed by atoms with Crippen LogP contribution in [0.3, 0.4) is 0 Å². The van der Waals surface area contributed by atoms with E-state index in [0.717, 1.165) is 59.5 Å². The number of benzene rings is 2. The number of hydrogen-bond donors (Lipinski definition) is 0. The number of methoxy groups -OCH3 is 1. The maximum Gasteiger partial charge on any atom is 0.338 e. The Morgan fingerprint density at radius 1 is 1.06 bits per heavy atom. The molecule has 12 nitrogen and oxygen atoms in total. The van der Waals surface area contributed by atoms with Gasteiger partial charge in [0.05, 0.1) is 42.9 Å². The second-order valence-electron chi connectivity index (χ2n) is 12.6. The molecule has 0 saturated carbocycles. The predicted molar refractivity (Wildman–Crippen MR) is 176 cm³/mol. The molecule has 246 valence electrons. The molecule has 0 unspecified atom stereocenters. The molecular weight excluding hydrogens is 622 g/mol. The van der Waals surface area contributed by atoms with Gasteiger partial charge in [0.2, 0.25) is 0 Å². The van der Waals surface area contributed by atoms with Crippen molar-refractivity contribution in [3.05, 3.63) is 52.7 Å². The Morgan fingerprint density at radius 2 is 1.89 bits per heavy atom. The van der Waals surface area contributed by atoms with Crippen LogP contribution in [0.1, 0.15) is 30.5 Å². The van der Waals surface area contributed by atoms with E-state index in [-0.39, 0.29) is 12.3 Å². The number of nitriles is 1. The lowest BCUT2D eigenvalue weighted by Crippen LogP contribution is -2.57. The van der Waals surface area contributed by atoms with Crippen molar-refractivity contribution in [2.75, 3.05) is 63.3 Å². The summed E-state index contributed by atoms with van der Waals surface area (Å²) in [7, 11) is 3.38. The fourth-order valence-corrected chi connectivity index (χ4v) is 7.48. The molecule has 3 fully saturated rings. The summed E-state index contributed by atoms with van der Waals surface area (Å²) < 4.78 is 16.4. The molecule has 0 bridgehead atoms. The van der Waals surface area contributed by atoms with Gasteiger partial charge in [0.1, 0.15) is 12.4 Å². The average Bonchev–Trinajstić information content (AvgIpc) is 3.79. The minimum atomic E-state index is -0.889. The molecule has 4 aliphatic heterocycles. The number of anilines is 2. The number of amides is 1. The molecule has 5 heterocycles. The highest BCUT2D eigenvalue weighted by Gasteiger charge is 2.54. The van der Waals surface area contributed by atoms with Gasteiger partial charge in [0.25, 0.3) is 5.91 Å². The van der Waals surface area contributed by atoms with Crippen molar-refractivity contribution in [1.82, 2.24) is 19.8 Å². The third-order valence-electron chi connectivity index (χ3n) is 9.83. The van der Waals surface area contributed by atoms with Gasteiger partial charge < -0.3 is 33.8 Å².